The van der Waals surface area contributed by atoms with E-state index in [2.05, 4.69) is 21.6 Å². The predicted molar refractivity (Wildman–Crippen MR) is 96.8 cm³/mol. The van der Waals surface area contributed by atoms with Crippen molar-refractivity contribution < 1.29 is 0 Å². The van der Waals surface area contributed by atoms with Crippen molar-refractivity contribution in [3.8, 4) is 5.69 Å². The van der Waals surface area contributed by atoms with Crippen molar-refractivity contribution in [3.63, 3.8) is 0 Å². The summed E-state index contributed by atoms with van der Waals surface area (Å²) < 4.78 is 0. The molecule has 0 aliphatic carbocycles. The number of nitrogens with zero attached hydrogens (tertiary/aromatic N) is 3. The van der Waals surface area contributed by atoms with E-state index in [-0.39, 0.29) is 0 Å². The zero-order valence-electron chi connectivity index (χ0n) is 12.6. The average Bonchev–Trinajstić information content (AvgIpc) is 3.01. The molecular weight excluding hydrogens is 322 g/mol. The number of nitrogens with one attached hydrogen (secondary N) is 1. The Morgan fingerprint density at radius 1 is 0.958 bits per heavy atom. The van der Waals surface area contributed by atoms with Gasteiger partial charge in [0.1, 0.15) is 11.0 Å². The Balaban J connectivity index is 1.64. The summed E-state index contributed by atoms with van der Waals surface area (Å²) in [4.78, 5) is 1.53. The van der Waals surface area contributed by atoms with Crippen molar-refractivity contribution in [3.05, 3.63) is 71.8 Å². The summed E-state index contributed by atoms with van der Waals surface area (Å²) in [6, 6.07) is 22.4. The van der Waals surface area contributed by atoms with Crippen LogP contribution >= 0.6 is 11.6 Å². The van der Waals surface area contributed by atoms with Crippen LogP contribution in [0.1, 0.15) is 0 Å². The molecule has 3 N–H and O–H groups in total. The molecule has 0 saturated heterocycles. The molecule has 4 rings (SSSR count). The van der Waals surface area contributed by atoms with E-state index < -0.39 is 0 Å². The first-order valence-electron chi connectivity index (χ1n) is 7.36. The van der Waals surface area contributed by atoms with Crippen LogP contribution in [0.2, 0.25) is 5.02 Å². The minimum absolute atomic E-state index is 0.446. The highest BCUT2D eigenvalue weighted by molar-refractivity contribution is 6.35. The van der Waals surface area contributed by atoms with Gasteiger partial charge in [0, 0.05) is 23.1 Å². The Morgan fingerprint density at radius 3 is 2.42 bits per heavy atom. The molecule has 6 heteroatoms. The SMILES string of the molecule is Nc1[c]c2nn(-c3ccc(Nc4ccccc4)cc3)nc2c(Cl)c1. The highest BCUT2D eigenvalue weighted by Crippen LogP contribution is 2.24. The molecule has 0 aliphatic rings. The van der Waals surface area contributed by atoms with Crippen molar-refractivity contribution in [2.24, 2.45) is 0 Å². The van der Waals surface area contributed by atoms with Gasteiger partial charge in [-0.2, -0.15) is 4.80 Å². The number of halogens is 1. The van der Waals surface area contributed by atoms with Crippen molar-refractivity contribution in [2.75, 3.05) is 11.1 Å². The van der Waals surface area contributed by atoms with Crippen LogP contribution in [0.4, 0.5) is 17.1 Å². The number of anilines is 3. The van der Waals surface area contributed by atoms with Gasteiger partial charge in [-0.05, 0) is 42.5 Å². The maximum atomic E-state index is 6.15. The first-order valence-corrected chi connectivity index (χ1v) is 7.74. The second-order valence-corrected chi connectivity index (χ2v) is 5.70. The molecule has 0 aliphatic heterocycles. The molecule has 3 aromatic carbocycles. The van der Waals surface area contributed by atoms with E-state index in [4.69, 9.17) is 17.3 Å². The molecule has 1 radical (unpaired) electrons. The third kappa shape index (κ3) is 2.77. The monoisotopic (exact) mass is 334 g/mol. The van der Waals surface area contributed by atoms with E-state index in [0.717, 1.165) is 17.1 Å². The average molecular weight is 335 g/mol. The van der Waals surface area contributed by atoms with E-state index in [1.807, 2.05) is 54.6 Å². The van der Waals surface area contributed by atoms with Crippen LogP contribution in [0, 0.1) is 6.07 Å². The molecular formula is C18H13ClN5. The van der Waals surface area contributed by atoms with Gasteiger partial charge in [-0.1, -0.05) is 29.8 Å². The van der Waals surface area contributed by atoms with Crippen LogP contribution in [-0.4, -0.2) is 15.0 Å². The van der Waals surface area contributed by atoms with E-state index in [0.29, 0.717) is 21.7 Å². The molecule has 0 fully saturated rings. The van der Waals surface area contributed by atoms with Crippen LogP contribution in [0.25, 0.3) is 16.7 Å². The van der Waals surface area contributed by atoms with Crippen LogP contribution in [0.5, 0.6) is 0 Å². The number of nitrogens with two attached hydrogens (primary N) is 1. The van der Waals surface area contributed by atoms with Gasteiger partial charge in [-0.15, -0.1) is 10.2 Å². The summed E-state index contributed by atoms with van der Waals surface area (Å²) in [6.07, 6.45) is 0. The molecule has 1 heterocycles. The fourth-order valence-electron chi connectivity index (χ4n) is 2.41. The van der Waals surface area contributed by atoms with Crippen molar-refractivity contribution in [1.29, 1.82) is 0 Å². The number of para-hydroxylation sites is 1. The van der Waals surface area contributed by atoms with Gasteiger partial charge < -0.3 is 11.1 Å². The lowest BCUT2D eigenvalue weighted by Gasteiger charge is -2.06. The maximum absolute atomic E-state index is 6.15. The van der Waals surface area contributed by atoms with Crippen molar-refractivity contribution >= 4 is 39.7 Å². The Kier molecular flexibility index (Phi) is 3.55. The number of benzene rings is 3. The maximum Gasteiger partial charge on any atom is 0.133 e. The molecule has 1 aromatic heterocycles. The Bertz CT molecular complexity index is 993. The van der Waals surface area contributed by atoms with Crippen molar-refractivity contribution in [1.82, 2.24) is 15.0 Å². The second-order valence-electron chi connectivity index (χ2n) is 5.30. The van der Waals surface area contributed by atoms with Crippen LogP contribution in [-0.2, 0) is 0 Å². The fraction of sp³-hybridized carbons (Fsp3) is 0. The van der Waals surface area contributed by atoms with Crippen molar-refractivity contribution in [2.45, 2.75) is 0 Å². The summed E-state index contributed by atoms with van der Waals surface area (Å²) in [5, 5.41) is 12.6. The van der Waals surface area contributed by atoms with Crippen LogP contribution < -0.4 is 11.1 Å². The van der Waals surface area contributed by atoms with Gasteiger partial charge in [0.25, 0.3) is 0 Å². The number of rotatable bonds is 3. The minimum atomic E-state index is 0.446. The normalized spacial score (nSPS) is 10.9. The second kappa shape index (κ2) is 5.86. The van der Waals surface area contributed by atoms with E-state index in [9.17, 15) is 0 Å². The van der Waals surface area contributed by atoms with Gasteiger partial charge in [-0.3, -0.25) is 0 Å². The summed E-state index contributed by atoms with van der Waals surface area (Å²) in [5.74, 6) is 0. The lowest BCUT2D eigenvalue weighted by atomic mass is 10.2. The summed E-state index contributed by atoms with van der Waals surface area (Å²) >= 11 is 6.15. The molecule has 117 valence electrons. The smallest absolute Gasteiger partial charge is 0.133 e. The standard InChI is InChI=1S/C18H13ClN5/c19-16-10-12(20)11-17-18(16)23-24(22-17)15-8-6-14(7-9-15)21-13-4-2-1-3-5-13/h1-10,21H,20H2. The molecule has 5 nitrogen and oxygen atoms in total. The molecule has 4 aromatic rings. The summed E-state index contributed by atoms with van der Waals surface area (Å²) in [5.41, 5.74) is 10.2. The molecule has 0 atom stereocenters. The topological polar surface area (TPSA) is 68.8 Å². The van der Waals surface area contributed by atoms with Crippen LogP contribution in [0.15, 0.2) is 60.7 Å². The zero-order chi connectivity index (χ0) is 16.5. The first kappa shape index (κ1) is 14.5. The molecule has 0 bridgehead atoms. The highest BCUT2D eigenvalue weighted by Gasteiger charge is 2.09. The Morgan fingerprint density at radius 2 is 1.67 bits per heavy atom. The molecule has 0 saturated carbocycles. The van der Waals surface area contributed by atoms with Gasteiger partial charge in [0.2, 0.25) is 0 Å². The number of hydrogen-bond donors (Lipinski definition) is 2. The first-order chi connectivity index (χ1) is 11.7. The highest BCUT2D eigenvalue weighted by atomic mass is 35.5. The number of nitrogen functional groups attached to an aromatic ring is 1. The van der Waals surface area contributed by atoms with Gasteiger partial charge in [0.15, 0.2) is 0 Å². The van der Waals surface area contributed by atoms with E-state index >= 15 is 0 Å². The molecule has 0 amide bonds. The fourth-order valence-corrected chi connectivity index (χ4v) is 2.66. The third-order valence-corrected chi connectivity index (χ3v) is 3.83. The third-order valence-electron chi connectivity index (χ3n) is 3.55. The minimum Gasteiger partial charge on any atom is -0.398 e. The van der Waals surface area contributed by atoms with E-state index in [1.54, 1.807) is 6.07 Å². The van der Waals surface area contributed by atoms with Gasteiger partial charge >= 0.3 is 0 Å². The predicted octanol–water partition coefficient (Wildman–Crippen LogP) is 4.20. The van der Waals surface area contributed by atoms with Gasteiger partial charge in [-0.25, -0.2) is 0 Å². The lowest BCUT2D eigenvalue weighted by Crippen LogP contribution is -1.98. The Hall–Kier alpha value is -3.05. The number of aromatic nitrogens is 3. The molecule has 0 unspecified atom stereocenters. The quantitative estimate of drug-likeness (QED) is 0.551. The molecule has 0 spiro atoms. The lowest BCUT2D eigenvalue weighted by molar-refractivity contribution is 0.766. The molecule has 24 heavy (non-hydrogen) atoms. The van der Waals surface area contributed by atoms with E-state index in [1.165, 1.54) is 4.80 Å². The zero-order valence-corrected chi connectivity index (χ0v) is 13.3. The Labute approximate surface area is 143 Å². The summed E-state index contributed by atoms with van der Waals surface area (Å²) in [7, 11) is 0. The number of fused-ring (bicyclic) bond motifs is 1. The van der Waals surface area contributed by atoms with Crippen LogP contribution in [0.3, 0.4) is 0 Å². The summed E-state index contributed by atoms with van der Waals surface area (Å²) in [6.45, 7) is 0. The van der Waals surface area contributed by atoms with Gasteiger partial charge in [0.05, 0.1) is 10.7 Å². The largest absolute Gasteiger partial charge is 0.398 e. The number of hydrogen-bond acceptors (Lipinski definition) is 4.